The normalized spacial score (nSPS) is 10.9. The fraction of sp³-hybridized carbons (Fsp3) is 0.235. The van der Waals surface area contributed by atoms with Crippen LogP contribution in [0.2, 0.25) is 5.02 Å². The molecule has 2 aromatic rings. The SMILES string of the molecule is CCOc1ccccc1NS(=O)(=O)c1ccc(OCC(=O)OC)c(Cl)c1. The summed E-state index contributed by atoms with van der Waals surface area (Å²) in [5.41, 5.74) is 0.316. The Morgan fingerprint density at radius 1 is 1.12 bits per heavy atom. The van der Waals surface area contributed by atoms with Crippen molar-refractivity contribution in [3.05, 3.63) is 47.5 Å². The summed E-state index contributed by atoms with van der Waals surface area (Å²) in [6, 6.07) is 10.6. The maximum Gasteiger partial charge on any atom is 0.343 e. The number of ether oxygens (including phenoxy) is 3. The van der Waals surface area contributed by atoms with Crippen LogP contribution in [0.3, 0.4) is 0 Å². The van der Waals surface area contributed by atoms with Gasteiger partial charge in [0.2, 0.25) is 0 Å². The number of halogens is 1. The molecular formula is C17H18ClNO6S. The summed E-state index contributed by atoms with van der Waals surface area (Å²) in [5.74, 6) is 0.0143. The quantitative estimate of drug-likeness (QED) is 0.686. The molecule has 0 aliphatic heterocycles. The first-order chi connectivity index (χ1) is 12.4. The molecule has 0 bridgehead atoms. The molecule has 7 nitrogen and oxygen atoms in total. The Morgan fingerprint density at radius 2 is 1.85 bits per heavy atom. The topological polar surface area (TPSA) is 90.9 Å². The van der Waals surface area contributed by atoms with Crippen molar-refractivity contribution in [2.75, 3.05) is 25.0 Å². The molecule has 0 aliphatic rings. The molecule has 0 unspecified atom stereocenters. The molecule has 1 N–H and O–H groups in total. The third-order valence-electron chi connectivity index (χ3n) is 3.22. The fourth-order valence-electron chi connectivity index (χ4n) is 2.00. The van der Waals surface area contributed by atoms with Gasteiger partial charge in [0.1, 0.15) is 11.5 Å². The molecule has 9 heteroatoms. The van der Waals surface area contributed by atoms with Crippen molar-refractivity contribution in [2.45, 2.75) is 11.8 Å². The van der Waals surface area contributed by atoms with Crippen LogP contribution in [0.5, 0.6) is 11.5 Å². The Kier molecular flexibility index (Phi) is 6.70. The van der Waals surface area contributed by atoms with Crippen molar-refractivity contribution in [3.8, 4) is 11.5 Å². The Morgan fingerprint density at radius 3 is 2.50 bits per heavy atom. The summed E-state index contributed by atoms with van der Waals surface area (Å²) in [7, 11) is -2.66. The number of sulfonamides is 1. The van der Waals surface area contributed by atoms with E-state index in [-0.39, 0.29) is 22.3 Å². The lowest BCUT2D eigenvalue weighted by molar-refractivity contribution is -0.142. The summed E-state index contributed by atoms with van der Waals surface area (Å²) >= 11 is 6.05. The minimum atomic E-state index is -3.89. The molecule has 0 aromatic heterocycles. The first-order valence-corrected chi connectivity index (χ1v) is 9.47. The molecule has 0 saturated carbocycles. The van der Waals surface area contributed by atoms with Crippen LogP contribution in [0.25, 0.3) is 0 Å². The van der Waals surface area contributed by atoms with Crippen molar-refractivity contribution in [2.24, 2.45) is 0 Å². The van der Waals surface area contributed by atoms with E-state index in [9.17, 15) is 13.2 Å². The van der Waals surface area contributed by atoms with Crippen molar-refractivity contribution < 1.29 is 27.4 Å². The van der Waals surface area contributed by atoms with Gasteiger partial charge in [0.05, 0.1) is 29.3 Å². The maximum absolute atomic E-state index is 12.6. The van der Waals surface area contributed by atoms with Crippen molar-refractivity contribution in [3.63, 3.8) is 0 Å². The number of hydrogen-bond acceptors (Lipinski definition) is 6. The Balaban J connectivity index is 2.22. The molecule has 140 valence electrons. The lowest BCUT2D eigenvalue weighted by atomic mass is 10.3. The van der Waals surface area contributed by atoms with Crippen molar-refractivity contribution in [1.82, 2.24) is 0 Å². The van der Waals surface area contributed by atoms with Gasteiger partial charge < -0.3 is 14.2 Å². The molecule has 0 amide bonds. The van der Waals surface area contributed by atoms with Gasteiger partial charge in [0.25, 0.3) is 10.0 Å². The monoisotopic (exact) mass is 399 g/mol. The van der Waals surface area contributed by atoms with Gasteiger partial charge in [-0.05, 0) is 37.3 Å². The van der Waals surface area contributed by atoms with Crippen LogP contribution in [0.1, 0.15) is 6.92 Å². The van der Waals surface area contributed by atoms with Crippen LogP contribution >= 0.6 is 11.6 Å². The van der Waals surface area contributed by atoms with Gasteiger partial charge in [-0.3, -0.25) is 4.72 Å². The zero-order valence-corrected chi connectivity index (χ0v) is 15.8. The zero-order valence-electron chi connectivity index (χ0n) is 14.2. The third kappa shape index (κ3) is 5.03. The fourth-order valence-corrected chi connectivity index (χ4v) is 3.39. The highest BCUT2D eigenvalue weighted by Crippen LogP contribution is 2.30. The Hall–Kier alpha value is -2.45. The van der Waals surface area contributed by atoms with Crippen molar-refractivity contribution in [1.29, 1.82) is 0 Å². The predicted molar refractivity (Wildman–Crippen MR) is 97.4 cm³/mol. The smallest absolute Gasteiger partial charge is 0.343 e. The van der Waals surface area contributed by atoms with E-state index < -0.39 is 16.0 Å². The van der Waals surface area contributed by atoms with Crippen LogP contribution in [-0.4, -0.2) is 34.7 Å². The second kappa shape index (κ2) is 8.77. The molecule has 0 spiro atoms. The minimum Gasteiger partial charge on any atom is -0.492 e. The Bertz CT molecular complexity index is 885. The largest absolute Gasteiger partial charge is 0.492 e. The molecule has 0 saturated heterocycles. The summed E-state index contributed by atoms with van der Waals surface area (Å²) < 4.78 is 42.7. The predicted octanol–water partition coefficient (Wildman–Crippen LogP) is 3.09. The number of nitrogens with one attached hydrogen (secondary N) is 1. The first kappa shape index (κ1) is 19.9. The maximum atomic E-state index is 12.6. The summed E-state index contributed by atoms with van der Waals surface area (Å²) in [6.45, 7) is 1.87. The van der Waals surface area contributed by atoms with Crippen LogP contribution in [0, 0.1) is 0 Å². The summed E-state index contributed by atoms with van der Waals surface area (Å²) in [5, 5.41) is 0.0508. The second-order valence-corrected chi connectivity index (χ2v) is 7.08. The number of hydrogen-bond donors (Lipinski definition) is 1. The van der Waals surface area contributed by atoms with Gasteiger partial charge in [0.15, 0.2) is 6.61 Å². The van der Waals surface area contributed by atoms with E-state index in [2.05, 4.69) is 9.46 Å². The van der Waals surface area contributed by atoms with Gasteiger partial charge in [0, 0.05) is 0 Å². The lowest BCUT2D eigenvalue weighted by Crippen LogP contribution is -2.15. The molecular weight excluding hydrogens is 382 g/mol. The van der Waals surface area contributed by atoms with E-state index in [1.165, 1.54) is 25.3 Å². The molecule has 2 rings (SSSR count). The van der Waals surface area contributed by atoms with E-state index in [0.29, 0.717) is 18.0 Å². The minimum absolute atomic E-state index is 0.0508. The molecule has 2 aromatic carbocycles. The number of carbonyl (C=O) groups excluding carboxylic acids is 1. The number of para-hydroxylation sites is 2. The Labute approximate surface area is 156 Å². The van der Waals surface area contributed by atoms with Gasteiger partial charge in [-0.1, -0.05) is 23.7 Å². The van der Waals surface area contributed by atoms with Crippen LogP contribution in [0.15, 0.2) is 47.4 Å². The van der Waals surface area contributed by atoms with E-state index in [1.54, 1.807) is 31.2 Å². The molecule has 0 fully saturated rings. The van der Waals surface area contributed by atoms with Crippen LogP contribution < -0.4 is 14.2 Å². The highest BCUT2D eigenvalue weighted by Gasteiger charge is 2.18. The van der Waals surface area contributed by atoms with Crippen LogP contribution in [0.4, 0.5) is 5.69 Å². The molecule has 0 heterocycles. The van der Waals surface area contributed by atoms with Gasteiger partial charge in [-0.15, -0.1) is 0 Å². The van der Waals surface area contributed by atoms with E-state index in [0.717, 1.165) is 0 Å². The number of carbonyl (C=O) groups is 1. The highest BCUT2D eigenvalue weighted by atomic mass is 35.5. The van der Waals surface area contributed by atoms with E-state index in [1.807, 2.05) is 0 Å². The molecule has 0 aliphatic carbocycles. The molecule has 0 atom stereocenters. The lowest BCUT2D eigenvalue weighted by Gasteiger charge is -2.13. The average Bonchev–Trinajstić information content (AvgIpc) is 2.62. The van der Waals surface area contributed by atoms with E-state index in [4.69, 9.17) is 21.1 Å². The number of methoxy groups -OCH3 is 1. The van der Waals surface area contributed by atoms with Gasteiger partial charge >= 0.3 is 5.97 Å². The van der Waals surface area contributed by atoms with Gasteiger partial charge in [-0.25, -0.2) is 13.2 Å². The summed E-state index contributed by atoms with van der Waals surface area (Å²) in [6.07, 6.45) is 0. The summed E-state index contributed by atoms with van der Waals surface area (Å²) in [4.78, 5) is 11.0. The first-order valence-electron chi connectivity index (χ1n) is 7.61. The average molecular weight is 400 g/mol. The zero-order chi connectivity index (χ0) is 19.2. The second-order valence-electron chi connectivity index (χ2n) is 4.99. The third-order valence-corrected chi connectivity index (χ3v) is 4.88. The van der Waals surface area contributed by atoms with Crippen molar-refractivity contribution >= 4 is 33.3 Å². The van der Waals surface area contributed by atoms with Crippen LogP contribution in [-0.2, 0) is 19.6 Å². The number of rotatable bonds is 8. The van der Waals surface area contributed by atoms with Gasteiger partial charge in [-0.2, -0.15) is 0 Å². The molecule has 0 radical (unpaired) electrons. The van der Waals surface area contributed by atoms with E-state index >= 15 is 0 Å². The number of esters is 1. The number of benzene rings is 2. The number of anilines is 1. The molecule has 26 heavy (non-hydrogen) atoms. The highest BCUT2D eigenvalue weighted by molar-refractivity contribution is 7.92. The standard InChI is InChI=1S/C17H18ClNO6S/c1-3-24-16-7-5-4-6-14(16)19-26(21,22)12-8-9-15(13(18)10-12)25-11-17(20)23-2/h4-10,19H,3,11H2,1-2H3.